The summed E-state index contributed by atoms with van der Waals surface area (Å²) in [6.07, 6.45) is 1.05. The highest BCUT2D eigenvalue weighted by molar-refractivity contribution is 5.94. The molecule has 0 fully saturated rings. The van der Waals surface area contributed by atoms with Crippen LogP contribution in [0.25, 0.3) is 0 Å². The van der Waals surface area contributed by atoms with Crippen LogP contribution in [-0.2, 0) is 15.0 Å². The maximum absolute atomic E-state index is 12.1. The molecule has 2 aromatic carbocycles. The summed E-state index contributed by atoms with van der Waals surface area (Å²) in [7, 11) is 0. The van der Waals surface area contributed by atoms with Gasteiger partial charge in [0.1, 0.15) is 5.75 Å². The van der Waals surface area contributed by atoms with Crippen molar-refractivity contribution >= 4 is 23.2 Å². The van der Waals surface area contributed by atoms with E-state index < -0.39 is 0 Å². The number of ether oxygens (including phenoxy) is 1. The van der Waals surface area contributed by atoms with Crippen molar-refractivity contribution < 1.29 is 14.3 Å². The van der Waals surface area contributed by atoms with E-state index in [2.05, 4.69) is 31.4 Å². The van der Waals surface area contributed by atoms with Crippen LogP contribution in [0, 0.1) is 5.92 Å². The third-order valence-corrected chi connectivity index (χ3v) is 4.85. The predicted octanol–water partition coefficient (Wildman–Crippen LogP) is 4.99. The molecule has 28 heavy (non-hydrogen) atoms. The van der Waals surface area contributed by atoms with Crippen LogP contribution in [0.5, 0.6) is 5.75 Å². The zero-order valence-corrected chi connectivity index (χ0v) is 17.3. The molecule has 0 saturated heterocycles. The van der Waals surface area contributed by atoms with E-state index in [0.29, 0.717) is 17.1 Å². The van der Waals surface area contributed by atoms with Gasteiger partial charge < -0.3 is 15.4 Å². The van der Waals surface area contributed by atoms with Gasteiger partial charge in [-0.15, -0.1) is 0 Å². The summed E-state index contributed by atoms with van der Waals surface area (Å²) in [4.78, 5) is 23.8. The van der Waals surface area contributed by atoms with E-state index in [1.807, 2.05) is 38.1 Å². The van der Waals surface area contributed by atoms with Crippen molar-refractivity contribution in [3.8, 4) is 5.75 Å². The van der Waals surface area contributed by atoms with E-state index in [1.54, 1.807) is 24.3 Å². The van der Waals surface area contributed by atoms with Gasteiger partial charge in [0.05, 0.1) is 0 Å². The molecule has 0 aliphatic carbocycles. The van der Waals surface area contributed by atoms with Crippen molar-refractivity contribution in [1.29, 1.82) is 0 Å². The molecular formula is C23H30N2O3. The maximum Gasteiger partial charge on any atom is 0.262 e. The average Bonchev–Trinajstić information content (AvgIpc) is 2.68. The first kappa shape index (κ1) is 21.5. The summed E-state index contributed by atoms with van der Waals surface area (Å²) < 4.78 is 5.57. The molecule has 0 aliphatic heterocycles. The van der Waals surface area contributed by atoms with Gasteiger partial charge in [0, 0.05) is 17.3 Å². The van der Waals surface area contributed by atoms with Gasteiger partial charge in [0.25, 0.3) is 5.91 Å². The number of rotatable bonds is 8. The van der Waals surface area contributed by atoms with E-state index in [4.69, 9.17) is 4.74 Å². The fraction of sp³-hybridized carbons (Fsp3) is 0.391. The van der Waals surface area contributed by atoms with Crippen LogP contribution in [0.15, 0.2) is 48.5 Å². The highest BCUT2D eigenvalue weighted by atomic mass is 16.5. The van der Waals surface area contributed by atoms with Gasteiger partial charge in [-0.2, -0.15) is 0 Å². The largest absolute Gasteiger partial charge is 0.484 e. The Morgan fingerprint density at radius 1 is 0.929 bits per heavy atom. The number of amides is 2. The van der Waals surface area contributed by atoms with E-state index >= 15 is 0 Å². The Hall–Kier alpha value is -2.82. The fourth-order valence-electron chi connectivity index (χ4n) is 2.48. The monoisotopic (exact) mass is 382 g/mol. The maximum atomic E-state index is 12.1. The first-order chi connectivity index (χ1) is 13.2. The zero-order chi connectivity index (χ0) is 20.7. The van der Waals surface area contributed by atoms with E-state index in [9.17, 15) is 9.59 Å². The van der Waals surface area contributed by atoms with Crippen LogP contribution >= 0.6 is 0 Å². The molecule has 0 saturated carbocycles. The van der Waals surface area contributed by atoms with Gasteiger partial charge in [0.15, 0.2) is 6.61 Å². The third-order valence-electron chi connectivity index (χ3n) is 4.85. The lowest BCUT2D eigenvalue weighted by atomic mass is 9.82. The molecule has 0 heterocycles. The van der Waals surface area contributed by atoms with Crippen LogP contribution < -0.4 is 15.4 Å². The highest BCUT2D eigenvalue weighted by Gasteiger charge is 2.17. The van der Waals surface area contributed by atoms with E-state index in [1.165, 1.54) is 5.56 Å². The van der Waals surface area contributed by atoms with E-state index in [0.717, 1.165) is 6.42 Å². The van der Waals surface area contributed by atoms with Crippen molar-refractivity contribution in [2.75, 3.05) is 17.2 Å². The number of benzene rings is 2. The molecule has 150 valence electrons. The summed E-state index contributed by atoms with van der Waals surface area (Å²) in [5.41, 5.74) is 2.71. The molecule has 0 atom stereocenters. The van der Waals surface area contributed by atoms with Crippen molar-refractivity contribution in [3.63, 3.8) is 0 Å². The van der Waals surface area contributed by atoms with Gasteiger partial charge >= 0.3 is 0 Å². The third kappa shape index (κ3) is 6.12. The Bertz CT molecular complexity index is 794. The Morgan fingerprint density at radius 3 is 1.96 bits per heavy atom. The predicted molar refractivity (Wildman–Crippen MR) is 114 cm³/mol. The first-order valence-corrected chi connectivity index (χ1v) is 9.65. The quantitative estimate of drug-likeness (QED) is 0.676. The Labute approximate surface area is 167 Å². The van der Waals surface area contributed by atoms with Gasteiger partial charge in [-0.1, -0.05) is 46.8 Å². The summed E-state index contributed by atoms with van der Waals surface area (Å²) in [6, 6.07) is 14.9. The Kier molecular flexibility index (Phi) is 7.21. The van der Waals surface area contributed by atoms with Crippen molar-refractivity contribution in [2.45, 2.75) is 46.5 Å². The fourth-order valence-corrected chi connectivity index (χ4v) is 2.48. The Morgan fingerprint density at radius 2 is 1.46 bits per heavy atom. The molecule has 0 spiro atoms. The van der Waals surface area contributed by atoms with Crippen LogP contribution in [0.3, 0.4) is 0 Å². The second-order valence-corrected chi connectivity index (χ2v) is 7.82. The van der Waals surface area contributed by atoms with Gasteiger partial charge in [0.2, 0.25) is 5.91 Å². The normalized spacial score (nSPS) is 11.2. The minimum absolute atomic E-state index is 0.0430. The number of hydrogen-bond acceptors (Lipinski definition) is 3. The van der Waals surface area contributed by atoms with Gasteiger partial charge in [-0.3, -0.25) is 9.59 Å². The van der Waals surface area contributed by atoms with Crippen molar-refractivity contribution in [1.82, 2.24) is 0 Å². The minimum atomic E-state index is -0.239. The second kappa shape index (κ2) is 9.40. The SMILES string of the molecule is CCC(C)(C)c1ccc(OCC(=O)Nc2ccc(NC(=O)C(C)C)cc2)cc1. The molecule has 0 aromatic heterocycles. The number of carbonyl (C=O) groups excluding carboxylic acids is 2. The molecular weight excluding hydrogens is 352 g/mol. The molecule has 0 unspecified atom stereocenters. The summed E-state index contributed by atoms with van der Waals surface area (Å²) >= 11 is 0. The molecule has 0 radical (unpaired) electrons. The zero-order valence-electron chi connectivity index (χ0n) is 17.3. The van der Waals surface area contributed by atoms with Crippen LogP contribution in [0.4, 0.5) is 11.4 Å². The lowest BCUT2D eigenvalue weighted by Crippen LogP contribution is -2.20. The lowest BCUT2D eigenvalue weighted by molar-refractivity contribution is -0.119. The molecule has 5 heteroatoms. The van der Waals surface area contributed by atoms with Crippen LogP contribution in [0.2, 0.25) is 0 Å². The molecule has 2 aromatic rings. The smallest absolute Gasteiger partial charge is 0.262 e. The van der Waals surface area contributed by atoms with Crippen LogP contribution in [0.1, 0.15) is 46.6 Å². The van der Waals surface area contributed by atoms with Crippen LogP contribution in [-0.4, -0.2) is 18.4 Å². The number of carbonyl (C=O) groups is 2. The minimum Gasteiger partial charge on any atom is -0.484 e. The number of hydrogen-bond donors (Lipinski definition) is 2. The molecule has 5 nitrogen and oxygen atoms in total. The summed E-state index contributed by atoms with van der Waals surface area (Å²) in [6.45, 7) is 10.2. The molecule has 0 aliphatic rings. The Balaban J connectivity index is 1.85. The summed E-state index contributed by atoms with van der Waals surface area (Å²) in [5, 5.41) is 5.60. The standard InChI is InChI=1S/C23H30N2O3/c1-6-23(4,5)17-7-13-20(14-8-17)28-15-21(26)24-18-9-11-19(12-10-18)25-22(27)16(2)3/h7-14,16H,6,15H2,1-5H3,(H,24,26)(H,25,27). The van der Waals surface area contributed by atoms with Gasteiger partial charge in [-0.25, -0.2) is 0 Å². The average molecular weight is 383 g/mol. The molecule has 2 amide bonds. The van der Waals surface area contributed by atoms with Crippen molar-refractivity contribution in [3.05, 3.63) is 54.1 Å². The van der Waals surface area contributed by atoms with Gasteiger partial charge in [-0.05, 0) is 53.8 Å². The number of anilines is 2. The first-order valence-electron chi connectivity index (χ1n) is 9.65. The second-order valence-electron chi connectivity index (χ2n) is 7.82. The molecule has 2 N–H and O–H groups in total. The van der Waals surface area contributed by atoms with Crippen molar-refractivity contribution in [2.24, 2.45) is 5.92 Å². The van der Waals surface area contributed by atoms with E-state index in [-0.39, 0.29) is 29.8 Å². The molecule has 2 rings (SSSR count). The summed E-state index contributed by atoms with van der Waals surface area (Å²) in [5.74, 6) is 0.298. The topological polar surface area (TPSA) is 67.4 Å². The number of nitrogens with one attached hydrogen (secondary N) is 2. The molecule has 0 bridgehead atoms. The highest BCUT2D eigenvalue weighted by Crippen LogP contribution is 2.28. The lowest BCUT2D eigenvalue weighted by Gasteiger charge is -2.23.